The van der Waals surface area contributed by atoms with Gasteiger partial charge >= 0.3 is 0 Å². The highest BCUT2D eigenvalue weighted by Crippen LogP contribution is 2.28. The summed E-state index contributed by atoms with van der Waals surface area (Å²) in [6.45, 7) is 0. The van der Waals surface area contributed by atoms with Crippen LogP contribution in [0, 0.1) is 5.82 Å². The topological polar surface area (TPSA) is 0 Å². The first-order valence-electron chi connectivity index (χ1n) is 5.40. The van der Waals surface area contributed by atoms with Gasteiger partial charge in [-0.3, -0.25) is 0 Å². The van der Waals surface area contributed by atoms with E-state index in [-0.39, 0.29) is 10.4 Å². The number of halogens is 4. The average molecular weight is 348 g/mol. The molecule has 1 unspecified atom stereocenters. The zero-order valence-electron chi connectivity index (χ0n) is 9.34. The van der Waals surface area contributed by atoms with Gasteiger partial charge in [0.2, 0.25) is 0 Å². The van der Waals surface area contributed by atoms with Crippen LogP contribution in [0.4, 0.5) is 4.39 Å². The third kappa shape index (κ3) is 3.47. The molecule has 0 aliphatic heterocycles. The summed E-state index contributed by atoms with van der Waals surface area (Å²) in [4.78, 5) is 0. The van der Waals surface area contributed by atoms with Gasteiger partial charge in [-0.25, -0.2) is 4.39 Å². The van der Waals surface area contributed by atoms with Crippen molar-refractivity contribution in [2.45, 2.75) is 11.8 Å². The largest absolute Gasteiger partial charge is 0.205 e. The summed E-state index contributed by atoms with van der Waals surface area (Å²) >= 11 is 15.3. The predicted molar refractivity (Wildman–Crippen MR) is 77.9 cm³/mol. The van der Waals surface area contributed by atoms with E-state index >= 15 is 0 Å². The smallest absolute Gasteiger partial charge is 0.142 e. The van der Waals surface area contributed by atoms with Crippen LogP contribution in [0.25, 0.3) is 0 Å². The van der Waals surface area contributed by atoms with Crippen molar-refractivity contribution in [3.8, 4) is 0 Å². The molecule has 0 saturated carbocycles. The number of benzene rings is 2. The molecular weight excluding hydrogens is 338 g/mol. The molecule has 0 aliphatic carbocycles. The van der Waals surface area contributed by atoms with E-state index in [1.807, 2.05) is 24.3 Å². The number of alkyl halides is 1. The molecule has 0 fully saturated rings. The van der Waals surface area contributed by atoms with E-state index in [4.69, 9.17) is 23.2 Å². The maximum absolute atomic E-state index is 13.3. The Morgan fingerprint density at radius 1 is 1.17 bits per heavy atom. The molecule has 2 aromatic carbocycles. The van der Waals surface area contributed by atoms with Gasteiger partial charge < -0.3 is 0 Å². The summed E-state index contributed by atoms with van der Waals surface area (Å²) in [5.41, 5.74) is 1.83. The molecule has 0 aromatic heterocycles. The van der Waals surface area contributed by atoms with Crippen molar-refractivity contribution in [3.05, 3.63) is 68.9 Å². The van der Waals surface area contributed by atoms with E-state index < -0.39 is 5.82 Å². The molecule has 0 spiro atoms. The summed E-state index contributed by atoms with van der Waals surface area (Å²) in [7, 11) is 0. The SMILES string of the molecule is Fc1cc(C(Cl)Cc2cccc(Br)c2)ccc1Cl. The van der Waals surface area contributed by atoms with Crippen LogP contribution >= 0.6 is 39.1 Å². The first-order valence-corrected chi connectivity index (χ1v) is 7.00. The molecule has 1 atom stereocenters. The predicted octanol–water partition coefficient (Wildman–Crippen LogP) is 5.76. The van der Waals surface area contributed by atoms with Crippen molar-refractivity contribution in [2.75, 3.05) is 0 Å². The molecule has 0 N–H and O–H groups in total. The molecule has 4 heteroatoms. The van der Waals surface area contributed by atoms with Crippen LogP contribution in [0.1, 0.15) is 16.5 Å². The van der Waals surface area contributed by atoms with Crippen molar-refractivity contribution in [1.29, 1.82) is 0 Å². The van der Waals surface area contributed by atoms with E-state index in [2.05, 4.69) is 15.9 Å². The highest BCUT2D eigenvalue weighted by Gasteiger charge is 2.11. The summed E-state index contributed by atoms with van der Waals surface area (Å²) in [6.07, 6.45) is 0.641. The highest BCUT2D eigenvalue weighted by atomic mass is 79.9. The molecule has 18 heavy (non-hydrogen) atoms. The maximum atomic E-state index is 13.3. The molecule has 94 valence electrons. The first-order chi connectivity index (χ1) is 8.56. The molecule has 2 rings (SSSR count). The normalized spacial score (nSPS) is 12.4. The standard InChI is InChI=1S/C14H10BrCl2F/c15-11-3-1-2-9(6-11)7-13(17)10-4-5-12(16)14(18)8-10/h1-6,8,13H,7H2. The third-order valence-corrected chi connectivity index (χ3v) is 3.82. The van der Waals surface area contributed by atoms with E-state index in [0.717, 1.165) is 15.6 Å². The van der Waals surface area contributed by atoms with Gasteiger partial charge in [0.15, 0.2) is 0 Å². The molecule has 0 radical (unpaired) electrons. The van der Waals surface area contributed by atoms with Crippen molar-refractivity contribution >= 4 is 39.1 Å². The fraction of sp³-hybridized carbons (Fsp3) is 0.143. The van der Waals surface area contributed by atoms with Crippen LogP contribution in [0.3, 0.4) is 0 Å². The first kappa shape index (κ1) is 13.9. The molecule has 0 nitrogen and oxygen atoms in total. The van der Waals surface area contributed by atoms with Gasteiger partial charge in [0.1, 0.15) is 5.82 Å². The lowest BCUT2D eigenvalue weighted by atomic mass is 10.0. The van der Waals surface area contributed by atoms with Gasteiger partial charge in [-0.15, -0.1) is 11.6 Å². The minimum atomic E-state index is -0.436. The lowest BCUT2D eigenvalue weighted by molar-refractivity contribution is 0.625. The van der Waals surface area contributed by atoms with E-state index in [9.17, 15) is 4.39 Å². The van der Waals surface area contributed by atoms with Gasteiger partial charge in [0.05, 0.1) is 10.4 Å². The summed E-state index contributed by atoms with van der Waals surface area (Å²) in [5.74, 6) is -0.436. The Bertz CT molecular complexity index is 557. The van der Waals surface area contributed by atoms with Crippen LogP contribution in [-0.4, -0.2) is 0 Å². The fourth-order valence-corrected chi connectivity index (χ4v) is 2.57. The van der Waals surface area contributed by atoms with Crippen molar-refractivity contribution in [3.63, 3.8) is 0 Å². The summed E-state index contributed by atoms with van der Waals surface area (Å²) < 4.78 is 14.4. The molecule has 0 saturated heterocycles. The maximum Gasteiger partial charge on any atom is 0.142 e. The Morgan fingerprint density at radius 2 is 1.94 bits per heavy atom. The Labute approximate surface area is 124 Å². The molecule has 0 aliphatic rings. The number of hydrogen-bond donors (Lipinski definition) is 0. The molecule has 2 aromatic rings. The van der Waals surface area contributed by atoms with Gasteiger partial charge in [-0.2, -0.15) is 0 Å². The van der Waals surface area contributed by atoms with Crippen molar-refractivity contribution < 1.29 is 4.39 Å². The second-order valence-electron chi connectivity index (χ2n) is 3.98. The van der Waals surface area contributed by atoms with Gasteiger partial charge in [0, 0.05) is 4.47 Å². The van der Waals surface area contributed by atoms with Crippen LogP contribution in [0.5, 0.6) is 0 Å². The van der Waals surface area contributed by atoms with E-state index in [1.165, 1.54) is 12.1 Å². The number of rotatable bonds is 3. The minimum Gasteiger partial charge on any atom is -0.205 e. The lowest BCUT2D eigenvalue weighted by Gasteiger charge is -2.11. The Balaban J connectivity index is 2.16. The second-order valence-corrected chi connectivity index (χ2v) is 5.82. The molecule has 0 heterocycles. The fourth-order valence-electron chi connectivity index (χ4n) is 1.70. The van der Waals surface area contributed by atoms with E-state index in [0.29, 0.717) is 6.42 Å². The Hall–Kier alpha value is -0.570. The quantitative estimate of drug-likeness (QED) is 0.619. The monoisotopic (exact) mass is 346 g/mol. The summed E-state index contributed by atoms with van der Waals surface area (Å²) in [5, 5.41) is -0.156. The molecule has 0 amide bonds. The molecule has 0 bridgehead atoms. The van der Waals surface area contributed by atoms with Crippen LogP contribution in [0.15, 0.2) is 46.9 Å². The van der Waals surface area contributed by atoms with Gasteiger partial charge in [0.25, 0.3) is 0 Å². The minimum absolute atomic E-state index is 0.116. The zero-order valence-corrected chi connectivity index (χ0v) is 12.4. The molecular formula is C14H10BrCl2F. The van der Waals surface area contributed by atoms with Crippen LogP contribution < -0.4 is 0 Å². The average Bonchev–Trinajstić information content (AvgIpc) is 2.32. The van der Waals surface area contributed by atoms with Crippen molar-refractivity contribution in [2.24, 2.45) is 0 Å². The van der Waals surface area contributed by atoms with E-state index in [1.54, 1.807) is 6.07 Å². The van der Waals surface area contributed by atoms with Crippen LogP contribution in [-0.2, 0) is 6.42 Å². The Morgan fingerprint density at radius 3 is 2.61 bits per heavy atom. The van der Waals surface area contributed by atoms with Gasteiger partial charge in [-0.1, -0.05) is 45.7 Å². The third-order valence-electron chi connectivity index (χ3n) is 2.61. The Kier molecular flexibility index (Phi) is 4.66. The van der Waals surface area contributed by atoms with Gasteiger partial charge in [-0.05, 0) is 41.8 Å². The second kappa shape index (κ2) is 6.05. The lowest BCUT2D eigenvalue weighted by Crippen LogP contribution is -1.97. The number of hydrogen-bond acceptors (Lipinski definition) is 0. The van der Waals surface area contributed by atoms with Crippen molar-refractivity contribution in [1.82, 2.24) is 0 Å². The summed E-state index contributed by atoms with van der Waals surface area (Å²) in [6, 6.07) is 12.6. The van der Waals surface area contributed by atoms with Crippen LogP contribution in [0.2, 0.25) is 5.02 Å². The highest BCUT2D eigenvalue weighted by molar-refractivity contribution is 9.10. The zero-order chi connectivity index (χ0) is 13.1.